The predicted octanol–water partition coefficient (Wildman–Crippen LogP) is 3.73. The van der Waals surface area contributed by atoms with Gasteiger partial charge < -0.3 is 14.4 Å². The van der Waals surface area contributed by atoms with Crippen LogP contribution in [0.5, 0.6) is 11.5 Å². The second-order valence-electron chi connectivity index (χ2n) is 7.94. The molecule has 7 nitrogen and oxygen atoms in total. The molecular weight excluding hydrogens is 432 g/mol. The SMILES string of the molecule is CC(C(=O)N1CCCCC1)N1C(=O)COc2ccc(C(=O)COc3ccccc3Cl)cc21. The maximum Gasteiger partial charge on any atom is 0.265 e. The number of amides is 2. The number of ether oxygens (including phenoxy) is 2. The largest absolute Gasteiger partial charge is 0.484 e. The van der Waals surface area contributed by atoms with Crippen molar-refractivity contribution in [2.45, 2.75) is 32.2 Å². The predicted molar refractivity (Wildman–Crippen MR) is 121 cm³/mol. The van der Waals surface area contributed by atoms with Crippen molar-refractivity contribution in [3.8, 4) is 11.5 Å². The molecule has 1 unspecified atom stereocenters. The fourth-order valence-corrected chi connectivity index (χ4v) is 4.24. The smallest absolute Gasteiger partial charge is 0.265 e. The van der Waals surface area contributed by atoms with E-state index in [4.69, 9.17) is 21.1 Å². The summed E-state index contributed by atoms with van der Waals surface area (Å²) in [7, 11) is 0. The number of carbonyl (C=O) groups excluding carboxylic acids is 3. The minimum Gasteiger partial charge on any atom is -0.484 e. The fourth-order valence-electron chi connectivity index (χ4n) is 4.05. The van der Waals surface area contributed by atoms with E-state index in [0.717, 1.165) is 19.3 Å². The number of halogens is 1. The Kier molecular flexibility index (Phi) is 6.65. The molecule has 1 atom stereocenters. The average molecular weight is 457 g/mol. The monoisotopic (exact) mass is 456 g/mol. The van der Waals surface area contributed by atoms with Crippen LogP contribution in [0.15, 0.2) is 42.5 Å². The number of ketones is 1. The van der Waals surface area contributed by atoms with Gasteiger partial charge in [-0.3, -0.25) is 19.3 Å². The van der Waals surface area contributed by atoms with Crippen LogP contribution in [0.3, 0.4) is 0 Å². The number of fused-ring (bicyclic) bond motifs is 1. The lowest BCUT2D eigenvalue weighted by Crippen LogP contribution is -2.53. The summed E-state index contributed by atoms with van der Waals surface area (Å²) >= 11 is 6.08. The third-order valence-corrected chi connectivity index (χ3v) is 6.08. The molecular formula is C24H25ClN2O5. The van der Waals surface area contributed by atoms with E-state index in [1.54, 1.807) is 49.4 Å². The molecule has 1 fully saturated rings. The number of carbonyl (C=O) groups is 3. The maximum atomic E-state index is 13.1. The van der Waals surface area contributed by atoms with Gasteiger partial charge >= 0.3 is 0 Å². The summed E-state index contributed by atoms with van der Waals surface area (Å²) < 4.78 is 11.1. The van der Waals surface area contributed by atoms with Crippen LogP contribution in [0.1, 0.15) is 36.5 Å². The van der Waals surface area contributed by atoms with Gasteiger partial charge in [0.05, 0.1) is 10.7 Å². The van der Waals surface area contributed by atoms with Gasteiger partial charge in [0.25, 0.3) is 5.91 Å². The zero-order valence-electron chi connectivity index (χ0n) is 17.9. The second kappa shape index (κ2) is 9.61. The van der Waals surface area contributed by atoms with E-state index in [1.807, 2.05) is 4.90 Å². The summed E-state index contributed by atoms with van der Waals surface area (Å²) in [6, 6.07) is 11.1. The number of anilines is 1. The summed E-state index contributed by atoms with van der Waals surface area (Å²) in [5.74, 6) is 0.200. The van der Waals surface area contributed by atoms with Crippen LogP contribution < -0.4 is 14.4 Å². The van der Waals surface area contributed by atoms with Crippen LogP contribution in [0.2, 0.25) is 5.02 Å². The number of likely N-dealkylation sites (tertiary alicyclic amines) is 1. The summed E-state index contributed by atoms with van der Waals surface area (Å²) in [5, 5.41) is 0.418. The minimum atomic E-state index is -0.687. The maximum absolute atomic E-state index is 13.1. The third kappa shape index (κ3) is 4.58. The number of Topliss-reactive ketones (excluding diaryl/α,β-unsaturated/α-hetero) is 1. The lowest BCUT2D eigenvalue weighted by molar-refractivity contribution is -0.135. The van der Waals surface area contributed by atoms with Gasteiger partial charge in [-0.25, -0.2) is 0 Å². The first-order chi connectivity index (χ1) is 15.5. The summed E-state index contributed by atoms with van der Waals surface area (Å²) in [6.07, 6.45) is 3.05. The molecule has 0 N–H and O–H groups in total. The number of rotatable bonds is 6. The zero-order valence-corrected chi connectivity index (χ0v) is 18.6. The molecule has 2 aromatic carbocycles. The number of piperidine rings is 1. The van der Waals surface area contributed by atoms with Crippen LogP contribution in [0.4, 0.5) is 5.69 Å². The van der Waals surface area contributed by atoms with Gasteiger partial charge in [0, 0.05) is 18.7 Å². The van der Waals surface area contributed by atoms with Crippen molar-refractivity contribution >= 4 is 34.9 Å². The van der Waals surface area contributed by atoms with Gasteiger partial charge in [-0.15, -0.1) is 0 Å². The van der Waals surface area contributed by atoms with Crippen molar-refractivity contribution in [2.75, 3.05) is 31.2 Å². The second-order valence-corrected chi connectivity index (χ2v) is 8.35. The molecule has 2 amide bonds. The van der Waals surface area contributed by atoms with E-state index in [9.17, 15) is 14.4 Å². The summed E-state index contributed by atoms with van der Waals surface area (Å²) in [5.41, 5.74) is 0.777. The van der Waals surface area contributed by atoms with E-state index in [0.29, 0.717) is 40.9 Å². The summed E-state index contributed by atoms with van der Waals surface area (Å²) in [4.78, 5) is 41.8. The third-order valence-electron chi connectivity index (χ3n) is 5.77. The molecule has 32 heavy (non-hydrogen) atoms. The Balaban J connectivity index is 1.54. The molecule has 0 bridgehead atoms. The molecule has 2 heterocycles. The van der Waals surface area contributed by atoms with Crippen LogP contribution in [0.25, 0.3) is 0 Å². The van der Waals surface area contributed by atoms with Crippen LogP contribution in [-0.4, -0.2) is 54.8 Å². The molecule has 2 aliphatic rings. The highest BCUT2D eigenvalue weighted by Crippen LogP contribution is 2.35. The first-order valence-electron chi connectivity index (χ1n) is 10.7. The van der Waals surface area contributed by atoms with E-state index < -0.39 is 6.04 Å². The highest BCUT2D eigenvalue weighted by atomic mass is 35.5. The van der Waals surface area contributed by atoms with Gasteiger partial charge in [0.15, 0.2) is 19.0 Å². The van der Waals surface area contributed by atoms with Crippen molar-refractivity contribution in [3.63, 3.8) is 0 Å². The van der Waals surface area contributed by atoms with E-state index in [2.05, 4.69) is 0 Å². The van der Waals surface area contributed by atoms with Gasteiger partial charge in [-0.05, 0) is 56.5 Å². The zero-order chi connectivity index (χ0) is 22.7. The molecule has 4 rings (SSSR count). The quantitative estimate of drug-likeness (QED) is 0.619. The number of para-hydroxylation sites is 1. The molecule has 0 saturated carbocycles. The van der Waals surface area contributed by atoms with Crippen molar-refractivity contribution in [3.05, 3.63) is 53.1 Å². The Morgan fingerprint density at radius 1 is 1.12 bits per heavy atom. The van der Waals surface area contributed by atoms with Crippen molar-refractivity contribution < 1.29 is 23.9 Å². The fraction of sp³-hybridized carbons (Fsp3) is 0.375. The molecule has 168 valence electrons. The lowest BCUT2D eigenvalue weighted by Gasteiger charge is -2.37. The Hall–Kier alpha value is -3.06. The normalized spacial score (nSPS) is 16.8. The van der Waals surface area contributed by atoms with E-state index in [1.165, 1.54) is 4.90 Å². The first kappa shape index (κ1) is 22.1. The number of hydrogen-bond donors (Lipinski definition) is 0. The minimum absolute atomic E-state index is 0.0929. The Morgan fingerprint density at radius 3 is 2.62 bits per heavy atom. The molecule has 2 aliphatic heterocycles. The summed E-state index contributed by atoms with van der Waals surface area (Å²) in [6.45, 7) is 2.77. The highest BCUT2D eigenvalue weighted by molar-refractivity contribution is 6.32. The standard InChI is InChI=1S/C24H25ClN2O5/c1-16(24(30)26-11-5-2-6-12-26)27-19-13-17(9-10-22(19)32-15-23(27)29)20(28)14-31-21-8-4-3-7-18(21)25/h3-4,7-10,13,16H,2,5-6,11-12,14-15H2,1H3. The van der Waals surface area contributed by atoms with Gasteiger partial charge in [-0.1, -0.05) is 23.7 Å². The van der Waals surface area contributed by atoms with Crippen molar-refractivity contribution in [2.24, 2.45) is 0 Å². The lowest BCUT2D eigenvalue weighted by atomic mass is 10.1. The Labute approximate surface area is 191 Å². The van der Waals surface area contributed by atoms with Crippen molar-refractivity contribution in [1.29, 1.82) is 0 Å². The molecule has 2 aromatic rings. The van der Waals surface area contributed by atoms with Gasteiger partial charge in [-0.2, -0.15) is 0 Å². The number of hydrogen-bond acceptors (Lipinski definition) is 5. The van der Waals surface area contributed by atoms with Crippen LogP contribution in [-0.2, 0) is 9.59 Å². The highest BCUT2D eigenvalue weighted by Gasteiger charge is 2.35. The van der Waals surface area contributed by atoms with E-state index in [-0.39, 0.29) is 30.8 Å². The van der Waals surface area contributed by atoms with E-state index >= 15 is 0 Å². The molecule has 0 aromatic heterocycles. The molecule has 8 heteroatoms. The first-order valence-corrected chi connectivity index (χ1v) is 11.1. The van der Waals surface area contributed by atoms with Crippen LogP contribution >= 0.6 is 11.6 Å². The van der Waals surface area contributed by atoms with Gasteiger partial charge in [0.1, 0.15) is 17.5 Å². The number of benzene rings is 2. The molecule has 0 aliphatic carbocycles. The topological polar surface area (TPSA) is 76.2 Å². The van der Waals surface area contributed by atoms with Crippen molar-refractivity contribution in [1.82, 2.24) is 4.90 Å². The molecule has 1 saturated heterocycles. The molecule has 0 radical (unpaired) electrons. The molecule has 0 spiro atoms. The van der Waals surface area contributed by atoms with Crippen LogP contribution in [0, 0.1) is 0 Å². The Bertz CT molecular complexity index is 1030. The average Bonchev–Trinajstić information content (AvgIpc) is 2.82. The van der Waals surface area contributed by atoms with Gasteiger partial charge in [0.2, 0.25) is 5.91 Å². The number of nitrogens with zero attached hydrogens (tertiary/aromatic N) is 2. The Morgan fingerprint density at radius 2 is 1.88 bits per heavy atom.